The molecule has 24 heavy (non-hydrogen) atoms. The van der Waals surface area contributed by atoms with Gasteiger partial charge in [0.2, 0.25) is 0 Å². The molecule has 0 radical (unpaired) electrons. The van der Waals surface area contributed by atoms with Crippen LogP contribution in [-0.2, 0) is 19.2 Å². The summed E-state index contributed by atoms with van der Waals surface area (Å²) in [4.78, 5) is 36.0. The molecule has 0 aliphatic rings. The summed E-state index contributed by atoms with van der Waals surface area (Å²) in [7, 11) is 0. The molecule has 0 atom stereocenters. The van der Waals surface area contributed by atoms with Crippen LogP contribution in [0.3, 0.4) is 0 Å². The number of carboxylic acids is 4. The molecule has 0 spiro atoms. The van der Waals surface area contributed by atoms with Crippen LogP contribution in [0.25, 0.3) is 0 Å². The van der Waals surface area contributed by atoms with E-state index in [1.807, 2.05) is 0 Å². The van der Waals surface area contributed by atoms with Gasteiger partial charge in [-0.15, -0.1) is 0 Å². The molecule has 0 rings (SSSR count). The minimum atomic E-state index is -0.833. The van der Waals surface area contributed by atoms with E-state index < -0.39 is 23.9 Å². The van der Waals surface area contributed by atoms with Crippen LogP contribution in [-0.4, -0.2) is 57.4 Å². The van der Waals surface area contributed by atoms with Crippen molar-refractivity contribution >= 4 is 23.9 Å². The van der Waals surface area contributed by atoms with E-state index in [4.69, 9.17) is 51.1 Å². The zero-order valence-corrected chi connectivity index (χ0v) is 19.9. The summed E-state index contributed by atoms with van der Waals surface area (Å²) in [5.41, 5.74) is 9.81. The topological polar surface area (TPSA) is 201 Å². The van der Waals surface area contributed by atoms with Gasteiger partial charge >= 0.3 is 80.9 Å². The van der Waals surface area contributed by atoms with Crippen LogP contribution in [0.5, 0.6) is 0 Å². The van der Waals surface area contributed by atoms with Crippen molar-refractivity contribution in [3.63, 3.8) is 0 Å². The zero-order chi connectivity index (χ0) is 17.7. The van der Waals surface area contributed by atoms with Crippen molar-refractivity contribution in [1.29, 1.82) is 0 Å². The Balaban J connectivity index is -0.0000000161. The second-order valence-electron chi connectivity index (χ2n) is 2.65. The van der Waals surface area contributed by atoms with Crippen molar-refractivity contribution < 1.29 is 130 Å². The molecule has 0 aromatic heterocycles. The first kappa shape index (κ1) is 56.4. The number of aliphatic carboxylic acids is 4. The second-order valence-corrected chi connectivity index (χ2v) is 2.65. The van der Waals surface area contributed by atoms with Crippen molar-refractivity contribution in [2.24, 2.45) is 11.5 Å². The van der Waals surface area contributed by atoms with Gasteiger partial charge in [0.25, 0.3) is 23.9 Å². The molecule has 10 nitrogen and oxygen atoms in total. The molecule has 0 bridgehead atoms. The molecule has 14 heteroatoms. The third kappa shape index (κ3) is 6020. The van der Waals surface area contributed by atoms with Gasteiger partial charge in [-0.2, -0.15) is 0 Å². The third-order valence-electron chi connectivity index (χ3n) is 0.167. The van der Waals surface area contributed by atoms with Crippen LogP contribution in [0.4, 0.5) is 0 Å². The maximum atomic E-state index is 9.00. The van der Waals surface area contributed by atoms with Gasteiger partial charge in [-0.1, -0.05) is 0 Å². The van der Waals surface area contributed by atoms with Crippen LogP contribution < -0.4 is 102 Å². The standard InChI is InChI=1S/C2H8N2.4C2H4O2.2FH.K.Na/c3-1-2-4;4*1-2(3)4;;;;/h1-4H2;4*1H3,(H,3,4);2*1H;;/q;;;;;;;2*+1/p-2. The molecule has 0 saturated carbocycles. The quantitative estimate of drug-likeness (QED) is 0.229. The number of rotatable bonds is 1. The summed E-state index contributed by atoms with van der Waals surface area (Å²) in [5, 5.41) is 29.7. The molecule has 0 aromatic rings. The predicted octanol–water partition coefficient (Wildman–Crippen LogP) is -12.7. The molecule has 0 saturated heterocycles. The minimum Gasteiger partial charge on any atom is -1.00 e. The Hall–Kier alpha value is 0.296. The molecule has 0 aliphatic heterocycles. The normalized spacial score (nSPS) is 5.42. The minimum absolute atomic E-state index is 0. The van der Waals surface area contributed by atoms with Gasteiger partial charge in [0.1, 0.15) is 0 Å². The summed E-state index contributed by atoms with van der Waals surface area (Å²) in [6, 6.07) is 0. The van der Waals surface area contributed by atoms with Gasteiger partial charge in [-0.05, 0) is 0 Å². The van der Waals surface area contributed by atoms with Crippen molar-refractivity contribution in [1.82, 2.24) is 0 Å². The van der Waals surface area contributed by atoms with Crippen molar-refractivity contribution in [2.45, 2.75) is 27.7 Å². The third-order valence-corrected chi connectivity index (χ3v) is 0.167. The summed E-state index contributed by atoms with van der Waals surface area (Å²) >= 11 is 0. The average molecular weight is 400 g/mol. The van der Waals surface area contributed by atoms with Crippen LogP contribution in [0, 0.1) is 0 Å². The van der Waals surface area contributed by atoms with Crippen molar-refractivity contribution in [3.05, 3.63) is 0 Å². The summed E-state index contributed by atoms with van der Waals surface area (Å²) in [6.07, 6.45) is 0. The monoisotopic (exact) mass is 400 g/mol. The van der Waals surface area contributed by atoms with E-state index in [1.165, 1.54) is 0 Å². The number of carbonyl (C=O) groups is 4. The molecular weight excluding hydrogens is 376 g/mol. The average Bonchev–Trinajstić information content (AvgIpc) is 2.13. The van der Waals surface area contributed by atoms with Gasteiger partial charge < -0.3 is 41.3 Å². The smallest absolute Gasteiger partial charge is 1.00 e. The van der Waals surface area contributed by atoms with E-state index in [9.17, 15) is 0 Å². The maximum Gasteiger partial charge on any atom is 1.00 e. The van der Waals surface area contributed by atoms with E-state index >= 15 is 0 Å². The van der Waals surface area contributed by atoms with Crippen molar-refractivity contribution in [3.8, 4) is 0 Å². The summed E-state index contributed by atoms with van der Waals surface area (Å²) in [5.74, 6) is -3.33. The van der Waals surface area contributed by atoms with E-state index in [0.29, 0.717) is 13.1 Å². The fourth-order valence-corrected chi connectivity index (χ4v) is 0. The van der Waals surface area contributed by atoms with Crippen LogP contribution >= 0.6 is 0 Å². The van der Waals surface area contributed by atoms with E-state index in [0.717, 1.165) is 27.7 Å². The van der Waals surface area contributed by atoms with Gasteiger partial charge in [0, 0.05) is 40.8 Å². The number of hydrogen-bond donors (Lipinski definition) is 6. The Morgan fingerprint density at radius 1 is 0.625 bits per heavy atom. The molecule has 0 unspecified atom stereocenters. The van der Waals surface area contributed by atoms with Crippen LogP contribution in [0.1, 0.15) is 27.7 Å². The van der Waals surface area contributed by atoms with Crippen molar-refractivity contribution in [2.75, 3.05) is 13.1 Å². The Kier molecular flexibility index (Phi) is 133. The summed E-state index contributed by atoms with van der Waals surface area (Å²) < 4.78 is 0. The molecule has 0 amide bonds. The van der Waals surface area contributed by atoms with E-state index in [1.54, 1.807) is 0 Å². The maximum absolute atomic E-state index is 9.00. The first-order valence-corrected chi connectivity index (χ1v) is 5.03. The first-order valence-electron chi connectivity index (χ1n) is 5.03. The SMILES string of the molecule is CC(=O)O.CC(=O)O.CC(=O)O.CC(=O)O.NCCN.[F-].[F-].[K+].[Na+]. The largest absolute Gasteiger partial charge is 1.00 e. The Morgan fingerprint density at radius 2 is 0.667 bits per heavy atom. The second kappa shape index (κ2) is 56.7. The Bertz CT molecular complexity index is 211. The predicted molar refractivity (Wildman–Crippen MR) is 71.3 cm³/mol. The molecule has 0 heterocycles. The zero-order valence-electron chi connectivity index (χ0n) is 14.7. The van der Waals surface area contributed by atoms with Gasteiger partial charge in [0.15, 0.2) is 0 Å². The molecule has 8 N–H and O–H groups in total. The number of carboxylic acid groups (broad SMARTS) is 4. The van der Waals surface area contributed by atoms with Gasteiger partial charge in [-0.25, -0.2) is 0 Å². The number of nitrogens with two attached hydrogens (primary N) is 2. The molecule has 0 aliphatic carbocycles. The molecular formula is C10H24F2KN2NaO8. The van der Waals surface area contributed by atoms with Crippen LogP contribution in [0.15, 0.2) is 0 Å². The van der Waals surface area contributed by atoms with E-state index in [-0.39, 0.29) is 90.4 Å². The number of hydrogen-bond acceptors (Lipinski definition) is 6. The van der Waals surface area contributed by atoms with Crippen LogP contribution in [0.2, 0.25) is 0 Å². The first-order chi connectivity index (χ1) is 8.84. The fourth-order valence-electron chi connectivity index (χ4n) is 0. The molecule has 0 aromatic carbocycles. The Morgan fingerprint density at radius 3 is 0.667 bits per heavy atom. The van der Waals surface area contributed by atoms with E-state index in [2.05, 4.69) is 0 Å². The fraction of sp³-hybridized carbons (Fsp3) is 0.600. The summed E-state index contributed by atoms with van der Waals surface area (Å²) in [6.45, 7) is 5.53. The Labute approximate surface area is 203 Å². The molecule has 138 valence electrons. The van der Waals surface area contributed by atoms with Gasteiger partial charge in [0.05, 0.1) is 0 Å². The molecule has 0 fully saturated rings. The number of halogens is 2. The van der Waals surface area contributed by atoms with Gasteiger partial charge in [-0.3, -0.25) is 19.2 Å².